The molecule has 1 saturated heterocycles. The summed E-state index contributed by atoms with van der Waals surface area (Å²) in [7, 11) is 0. The Balaban J connectivity index is 1.93. The number of hydrogen-bond acceptors (Lipinski definition) is 3. The van der Waals surface area contributed by atoms with Gasteiger partial charge < -0.3 is 14.5 Å². The third-order valence-corrected chi connectivity index (χ3v) is 4.20. The monoisotopic (exact) mass is 372 g/mol. The highest BCUT2D eigenvalue weighted by molar-refractivity contribution is 5.94. The summed E-state index contributed by atoms with van der Waals surface area (Å²) >= 11 is 0. The van der Waals surface area contributed by atoms with Gasteiger partial charge in [-0.3, -0.25) is 9.59 Å². The average molecular weight is 372 g/mol. The molecule has 1 heterocycles. The maximum absolute atomic E-state index is 12.6. The molecule has 1 aliphatic rings. The Morgan fingerprint density at radius 3 is 2.46 bits per heavy atom. The molecule has 0 aliphatic carbocycles. The van der Waals surface area contributed by atoms with E-state index >= 15 is 0 Å². The number of ether oxygens (including phenoxy) is 1. The van der Waals surface area contributed by atoms with Gasteiger partial charge in [-0.05, 0) is 32.4 Å². The van der Waals surface area contributed by atoms with Gasteiger partial charge in [-0.1, -0.05) is 17.7 Å². The third-order valence-electron chi connectivity index (χ3n) is 4.20. The van der Waals surface area contributed by atoms with Crippen molar-refractivity contribution in [1.82, 2.24) is 9.80 Å². The molecule has 1 aliphatic heterocycles. The van der Waals surface area contributed by atoms with Gasteiger partial charge in [0.25, 0.3) is 11.8 Å². The normalized spacial score (nSPS) is 17.0. The molecular formula is C18H23F3N2O3. The van der Waals surface area contributed by atoms with E-state index in [4.69, 9.17) is 0 Å². The number of amides is 2. The van der Waals surface area contributed by atoms with Gasteiger partial charge in [-0.15, -0.1) is 0 Å². The molecule has 0 bridgehead atoms. The Morgan fingerprint density at radius 1 is 1.15 bits per heavy atom. The summed E-state index contributed by atoms with van der Waals surface area (Å²) in [6.07, 6.45) is -5.07. The fraction of sp³-hybridized carbons (Fsp3) is 0.556. The average Bonchev–Trinajstić information content (AvgIpc) is 2.83. The molecule has 1 aromatic rings. The van der Waals surface area contributed by atoms with Gasteiger partial charge >= 0.3 is 6.18 Å². The number of hydrogen-bond donors (Lipinski definition) is 0. The molecule has 0 radical (unpaired) electrons. The second-order valence-electron chi connectivity index (χ2n) is 6.41. The lowest BCUT2D eigenvalue weighted by Gasteiger charge is -2.25. The van der Waals surface area contributed by atoms with Gasteiger partial charge in [-0.2, -0.15) is 13.2 Å². The third kappa shape index (κ3) is 5.72. The molecule has 0 aromatic heterocycles. The molecule has 26 heavy (non-hydrogen) atoms. The number of carbonyl (C=O) groups excluding carboxylic acids is 2. The molecular weight excluding hydrogens is 349 g/mol. The van der Waals surface area contributed by atoms with Crippen LogP contribution >= 0.6 is 0 Å². The Labute approximate surface area is 150 Å². The summed E-state index contributed by atoms with van der Waals surface area (Å²) in [4.78, 5) is 28.0. The van der Waals surface area contributed by atoms with Crippen molar-refractivity contribution in [1.29, 1.82) is 0 Å². The van der Waals surface area contributed by atoms with E-state index in [1.165, 1.54) is 11.8 Å². The van der Waals surface area contributed by atoms with Crippen LogP contribution in [0.1, 0.15) is 29.3 Å². The maximum Gasteiger partial charge on any atom is 0.411 e. The van der Waals surface area contributed by atoms with Crippen LogP contribution in [0.4, 0.5) is 13.2 Å². The van der Waals surface area contributed by atoms with Crippen LogP contribution in [0, 0.1) is 6.92 Å². The minimum Gasteiger partial charge on any atom is -0.359 e. The van der Waals surface area contributed by atoms with Gasteiger partial charge in [0.15, 0.2) is 0 Å². The molecule has 8 heteroatoms. The smallest absolute Gasteiger partial charge is 0.359 e. The first-order valence-electron chi connectivity index (χ1n) is 8.50. The van der Waals surface area contributed by atoms with Gasteiger partial charge in [0.05, 0.1) is 0 Å². The second kappa shape index (κ2) is 8.53. The predicted octanol–water partition coefficient (Wildman–Crippen LogP) is 2.64. The van der Waals surface area contributed by atoms with Crippen LogP contribution in [0.2, 0.25) is 0 Å². The zero-order chi connectivity index (χ0) is 19.3. The van der Waals surface area contributed by atoms with Crippen molar-refractivity contribution in [2.45, 2.75) is 32.5 Å². The molecule has 1 fully saturated rings. The van der Waals surface area contributed by atoms with Crippen molar-refractivity contribution in [3.05, 3.63) is 35.4 Å². The number of nitrogens with zero attached hydrogens (tertiary/aromatic N) is 2. The minimum absolute atomic E-state index is 0.107. The van der Waals surface area contributed by atoms with Crippen molar-refractivity contribution >= 4 is 11.8 Å². The van der Waals surface area contributed by atoms with Crippen LogP contribution in [0.25, 0.3) is 0 Å². The quantitative estimate of drug-likeness (QED) is 0.817. The molecule has 1 atom stereocenters. The summed E-state index contributed by atoms with van der Waals surface area (Å²) in [5.41, 5.74) is 1.57. The lowest BCUT2D eigenvalue weighted by molar-refractivity contribution is -0.188. The van der Waals surface area contributed by atoms with Gasteiger partial charge in [0.1, 0.15) is 12.7 Å². The van der Waals surface area contributed by atoms with Crippen molar-refractivity contribution in [2.24, 2.45) is 0 Å². The van der Waals surface area contributed by atoms with Gasteiger partial charge in [-0.25, -0.2) is 0 Å². The topological polar surface area (TPSA) is 49.9 Å². The van der Waals surface area contributed by atoms with Crippen molar-refractivity contribution in [3.63, 3.8) is 0 Å². The molecule has 0 N–H and O–H groups in total. The first kappa shape index (κ1) is 20.2. The van der Waals surface area contributed by atoms with Crippen LogP contribution in [0.3, 0.4) is 0 Å². The van der Waals surface area contributed by atoms with Crippen LogP contribution in [0.15, 0.2) is 24.3 Å². The van der Waals surface area contributed by atoms with E-state index in [-0.39, 0.29) is 12.5 Å². The highest BCUT2D eigenvalue weighted by atomic mass is 19.4. The molecule has 1 aromatic carbocycles. The summed E-state index contributed by atoms with van der Waals surface area (Å²) in [5, 5.41) is 0. The van der Waals surface area contributed by atoms with Crippen molar-refractivity contribution < 1.29 is 27.5 Å². The van der Waals surface area contributed by atoms with Crippen molar-refractivity contribution in [2.75, 3.05) is 32.8 Å². The number of aryl methyl sites for hydroxylation is 1. The fourth-order valence-corrected chi connectivity index (χ4v) is 2.85. The Hall–Kier alpha value is -2.09. The fourth-order valence-electron chi connectivity index (χ4n) is 2.85. The van der Waals surface area contributed by atoms with E-state index in [9.17, 15) is 22.8 Å². The summed E-state index contributed by atoms with van der Waals surface area (Å²) < 4.78 is 41.3. The van der Waals surface area contributed by atoms with Crippen LogP contribution in [0.5, 0.6) is 0 Å². The first-order valence-corrected chi connectivity index (χ1v) is 8.50. The lowest BCUT2D eigenvalue weighted by atomic mass is 10.1. The molecule has 0 spiro atoms. The molecule has 5 nitrogen and oxygen atoms in total. The lowest BCUT2D eigenvalue weighted by Crippen LogP contribution is -2.42. The molecule has 144 valence electrons. The Kier molecular flexibility index (Phi) is 6.63. The molecule has 1 unspecified atom stereocenters. The van der Waals surface area contributed by atoms with Crippen molar-refractivity contribution in [3.8, 4) is 0 Å². The largest absolute Gasteiger partial charge is 0.411 e. The summed E-state index contributed by atoms with van der Waals surface area (Å²) in [5.74, 6) is -0.594. The Morgan fingerprint density at radius 2 is 1.81 bits per heavy atom. The van der Waals surface area contributed by atoms with Gasteiger partial charge in [0.2, 0.25) is 0 Å². The number of benzene rings is 1. The van der Waals surface area contributed by atoms with Crippen LogP contribution < -0.4 is 0 Å². The van der Waals surface area contributed by atoms with E-state index in [0.717, 1.165) is 5.56 Å². The van der Waals surface area contributed by atoms with Crippen LogP contribution in [-0.2, 0) is 9.53 Å². The number of halogens is 3. The molecule has 2 amide bonds. The minimum atomic E-state index is -4.47. The van der Waals surface area contributed by atoms with E-state index < -0.39 is 24.8 Å². The van der Waals surface area contributed by atoms with Crippen LogP contribution in [-0.4, -0.2) is 66.7 Å². The molecule has 0 saturated carbocycles. The van der Waals surface area contributed by atoms with E-state index in [1.807, 2.05) is 25.1 Å². The zero-order valence-corrected chi connectivity index (χ0v) is 14.9. The Bertz CT molecular complexity index is 649. The zero-order valence-electron chi connectivity index (χ0n) is 14.9. The van der Waals surface area contributed by atoms with E-state index in [2.05, 4.69) is 4.74 Å². The standard InChI is InChI=1S/C18H23F3N2O3/c1-13-5-3-6-15(11-13)17(25)23-8-4-7-22(9-10-23)16(24)14(2)26-12-18(19,20)21/h3,5-6,11,14H,4,7-10,12H2,1-2H3. The SMILES string of the molecule is Cc1cccc(C(=O)N2CCCN(C(=O)C(C)OCC(F)(F)F)CC2)c1. The highest BCUT2D eigenvalue weighted by Gasteiger charge is 2.32. The molecule has 2 rings (SSSR count). The summed E-state index contributed by atoms with van der Waals surface area (Å²) in [6.45, 7) is 3.26. The predicted molar refractivity (Wildman–Crippen MR) is 89.7 cm³/mol. The number of carbonyl (C=O) groups is 2. The maximum atomic E-state index is 12.6. The van der Waals surface area contributed by atoms with E-state index in [0.29, 0.717) is 31.6 Å². The number of alkyl halides is 3. The van der Waals surface area contributed by atoms with Gasteiger partial charge in [0, 0.05) is 31.7 Å². The second-order valence-corrected chi connectivity index (χ2v) is 6.41. The summed E-state index contributed by atoms with van der Waals surface area (Å²) in [6, 6.07) is 7.28. The van der Waals surface area contributed by atoms with E-state index in [1.54, 1.807) is 11.0 Å². The number of rotatable bonds is 4. The highest BCUT2D eigenvalue weighted by Crippen LogP contribution is 2.17. The first-order chi connectivity index (χ1) is 12.2.